The molecule has 0 saturated heterocycles. The number of ether oxygens (including phenoxy) is 1. The van der Waals surface area contributed by atoms with Crippen molar-refractivity contribution in [3.8, 4) is 5.75 Å². The smallest absolute Gasteiger partial charge is 0.243 e. The molecule has 0 unspecified atom stereocenters. The number of hydrogen-bond donors (Lipinski definition) is 1. The maximum absolute atomic E-state index is 12.9. The molecule has 6 nitrogen and oxygen atoms in total. The van der Waals surface area contributed by atoms with Gasteiger partial charge in [-0.05, 0) is 47.9 Å². The number of hydrogen-bond acceptors (Lipinski definition) is 4. The summed E-state index contributed by atoms with van der Waals surface area (Å²) >= 11 is 0. The molecule has 0 aliphatic heterocycles. The van der Waals surface area contributed by atoms with Gasteiger partial charge in [0.2, 0.25) is 15.9 Å². The Bertz CT molecular complexity index is 904. The van der Waals surface area contributed by atoms with E-state index in [4.69, 9.17) is 4.74 Å². The van der Waals surface area contributed by atoms with E-state index in [1.807, 2.05) is 24.3 Å². The highest BCUT2D eigenvalue weighted by atomic mass is 32.2. The van der Waals surface area contributed by atoms with Crippen molar-refractivity contribution < 1.29 is 17.9 Å². The SMILES string of the molecule is C=CCN(CC(=O)Nc1ccc(C(C)C)cc1)S(=O)(=O)c1ccc(OC)cc1. The van der Waals surface area contributed by atoms with Crippen molar-refractivity contribution in [3.05, 3.63) is 66.7 Å². The summed E-state index contributed by atoms with van der Waals surface area (Å²) in [5.41, 5.74) is 1.78. The van der Waals surface area contributed by atoms with E-state index in [1.54, 1.807) is 12.1 Å². The van der Waals surface area contributed by atoms with Crippen LogP contribution < -0.4 is 10.1 Å². The lowest BCUT2D eigenvalue weighted by molar-refractivity contribution is -0.116. The highest BCUT2D eigenvalue weighted by Gasteiger charge is 2.25. The summed E-state index contributed by atoms with van der Waals surface area (Å²) < 4.78 is 31.9. The first-order valence-corrected chi connectivity index (χ1v) is 10.4. The van der Waals surface area contributed by atoms with E-state index in [2.05, 4.69) is 25.7 Å². The van der Waals surface area contributed by atoms with Gasteiger partial charge in [-0.15, -0.1) is 6.58 Å². The number of anilines is 1. The van der Waals surface area contributed by atoms with Crippen LogP contribution in [0.2, 0.25) is 0 Å². The van der Waals surface area contributed by atoms with Crippen LogP contribution in [0.3, 0.4) is 0 Å². The van der Waals surface area contributed by atoms with Gasteiger partial charge in [-0.2, -0.15) is 4.31 Å². The largest absolute Gasteiger partial charge is 0.497 e. The monoisotopic (exact) mass is 402 g/mol. The summed E-state index contributed by atoms with van der Waals surface area (Å²) in [6.07, 6.45) is 1.45. The molecule has 0 aliphatic rings. The van der Waals surface area contributed by atoms with Crippen LogP contribution in [0, 0.1) is 0 Å². The van der Waals surface area contributed by atoms with E-state index >= 15 is 0 Å². The van der Waals surface area contributed by atoms with Crippen molar-refractivity contribution in [2.45, 2.75) is 24.7 Å². The molecule has 2 rings (SSSR count). The molecular weight excluding hydrogens is 376 g/mol. The zero-order chi connectivity index (χ0) is 20.7. The molecule has 150 valence electrons. The molecule has 0 bridgehead atoms. The normalized spacial score (nSPS) is 11.5. The molecule has 0 spiro atoms. The number of rotatable bonds is 9. The van der Waals surface area contributed by atoms with Crippen LogP contribution >= 0.6 is 0 Å². The van der Waals surface area contributed by atoms with Crippen molar-refractivity contribution in [3.63, 3.8) is 0 Å². The Kier molecular flexibility index (Phi) is 7.37. The Labute approximate surface area is 166 Å². The van der Waals surface area contributed by atoms with Gasteiger partial charge >= 0.3 is 0 Å². The van der Waals surface area contributed by atoms with Crippen LogP contribution in [0.15, 0.2) is 66.1 Å². The molecule has 0 heterocycles. The van der Waals surface area contributed by atoms with E-state index < -0.39 is 15.9 Å². The maximum atomic E-state index is 12.9. The molecular formula is C21H26N2O4S. The number of carbonyl (C=O) groups excluding carboxylic acids is 1. The summed E-state index contributed by atoms with van der Waals surface area (Å²) in [5, 5.41) is 2.74. The lowest BCUT2D eigenvalue weighted by Crippen LogP contribution is -2.38. The van der Waals surface area contributed by atoms with E-state index in [0.29, 0.717) is 17.4 Å². The lowest BCUT2D eigenvalue weighted by atomic mass is 10.0. The minimum atomic E-state index is -3.85. The third-order valence-corrected chi connectivity index (χ3v) is 6.04. The van der Waals surface area contributed by atoms with Crippen molar-refractivity contribution in [1.29, 1.82) is 0 Å². The second-order valence-electron chi connectivity index (χ2n) is 6.59. The first-order chi connectivity index (χ1) is 13.3. The molecule has 0 radical (unpaired) electrons. The van der Waals surface area contributed by atoms with Crippen LogP contribution in [0.1, 0.15) is 25.3 Å². The minimum Gasteiger partial charge on any atom is -0.497 e. The molecule has 0 aliphatic carbocycles. The Morgan fingerprint density at radius 3 is 2.25 bits per heavy atom. The predicted molar refractivity (Wildman–Crippen MR) is 111 cm³/mol. The van der Waals surface area contributed by atoms with Gasteiger partial charge in [-0.3, -0.25) is 4.79 Å². The van der Waals surface area contributed by atoms with E-state index in [9.17, 15) is 13.2 Å². The molecule has 1 amide bonds. The van der Waals surface area contributed by atoms with Crippen LogP contribution in [-0.2, 0) is 14.8 Å². The Morgan fingerprint density at radius 1 is 1.14 bits per heavy atom. The summed E-state index contributed by atoms with van der Waals surface area (Å²) in [7, 11) is -2.34. The topological polar surface area (TPSA) is 75.7 Å². The van der Waals surface area contributed by atoms with Gasteiger partial charge < -0.3 is 10.1 Å². The second-order valence-corrected chi connectivity index (χ2v) is 8.52. The molecule has 0 atom stereocenters. The predicted octanol–water partition coefficient (Wildman–Crippen LogP) is 3.63. The molecule has 2 aromatic rings. The zero-order valence-corrected chi connectivity index (χ0v) is 17.2. The van der Waals surface area contributed by atoms with E-state index in [1.165, 1.54) is 25.3 Å². The maximum Gasteiger partial charge on any atom is 0.243 e. The number of benzene rings is 2. The lowest BCUT2D eigenvalue weighted by Gasteiger charge is -2.20. The highest BCUT2D eigenvalue weighted by Crippen LogP contribution is 2.20. The van der Waals surface area contributed by atoms with Crippen molar-refractivity contribution in [1.82, 2.24) is 4.31 Å². The fraction of sp³-hybridized carbons (Fsp3) is 0.286. The van der Waals surface area contributed by atoms with Crippen molar-refractivity contribution in [2.24, 2.45) is 0 Å². The summed E-state index contributed by atoms with van der Waals surface area (Å²) in [5.74, 6) is 0.524. The Balaban J connectivity index is 2.13. The number of methoxy groups -OCH3 is 1. The summed E-state index contributed by atoms with van der Waals surface area (Å²) in [6.45, 7) is 7.48. The zero-order valence-electron chi connectivity index (χ0n) is 16.4. The third kappa shape index (κ3) is 5.43. The molecule has 28 heavy (non-hydrogen) atoms. The van der Waals surface area contributed by atoms with Gasteiger partial charge in [0.15, 0.2) is 0 Å². The van der Waals surface area contributed by atoms with Gasteiger partial charge in [0.25, 0.3) is 0 Å². The standard InChI is InChI=1S/C21H26N2O4S/c1-5-14-23(28(25,26)20-12-10-19(27-4)11-13-20)15-21(24)22-18-8-6-17(7-9-18)16(2)3/h5-13,16H,1,14-15H2,2-4H3,(H,22,24). The van der Waals surface area contributed by atoms with Crippen molar-refractivity contribution in [2.75, 3.05) is 25.5 Å². The van der Waals surface area contributed by atoms with Gasteiger partial charge in [0.05, 0.1) is 18.6 Å². The molecule has 7 heteroatoms. The fourth-order valence-corrected chi connectivity index (χ4v) is 3.97. The van der Waals surface area contributed by atoms with E-state index in [-0.39, 0.29) is 18.0 Å². The van der Waals surface area contributed by atoms with Gasteiger partial charge in [0, 0.05) is 12.2 Å². The van der Waals surface area contributed by atoms with E-state index in [0.717, 1.165) is 9.87 Å². The van der Waals surface area contributed by atoms with Gasteiger partial charge in [-0.1, -0.05) is 32.1 Å². The number of nitrogens with zero attached hydrogens (tertiary/aromatic N) is 1. The molecule has 0 fully saturated rings. The average Bonchev–Trinajstić information content (AvgIpc) is 2.68. The third-order valence-electron chi connectivity index (χ3n) is 4.21. The van der Waals surface area contributed by atoms with Gasteiger partial charge in [-0.25, -0.2) is 8.42 Å². The quantitative estimate of drug-likeness (QED) is 0.650. The number of sulfonamides is 1. The number of nitrogens with one attached hydrogen (secondary N) is 1. The molecule has 2 aromatic carbocycles. The first kappa shape index (κ1) is 21.7. The molecule has 0 aromatic heterocycles. The molecule has 1 N–H and O–H groups in total. The average molecular weight is 403 g/mol. The first-order valence-electron chi connectivity index (χ1n) is 8.93. The van der Waals surface area contributed by atoms with Crippen LogP contribution in [0.4, 0.5) is 5.69 Å². The molecule has 0 saturated carbocycles. The van der Waals surface area contributed by atoms with Crippen LogP contribution in [0.5, 0.6) is 5.75 Å². The number of carbonyl (C=O) groups is 1. The van der Waals surface area contributed by atoms with Crippen LogP contribution in [-0.4, -0.2) is 38.8 Å². The van der Waals surface area contributed by atoms with Gasteiger partial charge in [0.1, 0.15) is 5.75 Å². The fourth-order valence-electron chi connectivity index (χ4n) is 2.60. The summed E-state index contributed by atoms with van der Waals surface area (Å²) in [6, 6.07) is 13.5. The van der Waals surface area contributed by atoms with Crippen LogP contribution in [0.25, 0.3) is 0 Å². The Morgan fingerprint density at radius 2 is 1.75 bits per heavy atom. The number of amides is 1. The minimum absolute atomic E-state index is 0.0219. The highest BCUT2D eigenvalue weighted by molar-refractivity contribution is 7.89. The second kappa shape index (κ2) is 9.52. The summed E-state index contributed by atoms with van der Waals surface area (Å²) in [4.78, 5) is 12.5. The Hall–Kier alpha value is -2.64. The van der Waals surface area contributed by atoms with Crippen molar-refractivity contribution >= 4 is 21.6 Å².